The third kappa shape index (κ3) is 7.98. The Balaban J connectivity index is 1.57. The molecule has 0 aliphatic heterocycles. The summed E-state index contributed by atoms with van der Waals surface area (Å²) in [7, 11) is -4.44. The van der Waals surface area contributed by atoms with Crippen LogP contribution in [0.2, 0.25) is 0 Å². The zero-order chi connectivity index (χ0) is 32.5. The number of nitrogens with one attached hydrogen (secondary N) is 1. The number of halogens is 2. The Kier molecular flexibility index (Phi) is 10.8. The van der Waals surface area contributed by atoms with Crippen molar-refractivity contribution in [2.45, 2.75) is 62.0 Å². The quantitative estimate of drug-likeness (QED) is 0.197. The molecule has 1 N–H and O–H groups in total. The number of carbonyl (C=O) groups is 2. The van der Waals surface area contributed by atoms with Crippen LogP contribution in [0.1, 0.15) is 43.2 Å². The van der Waals surface area contributed by atoms with Gasteiger partial charge >= 0.3 is 0 Å². The highest BCUT2D eigenvalue weighted by molar-refractivity contribution is 7.92. The van der Waals surface area contributed by atoms with Gasteiger partial charge in [0.2, 0.25) is 11.8 Å². The number of para-hydroxylation sites is 1. The van der Waals surface area contributed by atoms with Crippen LogP contribution in [-0.2, 0) is 32.6 Å². The molecule has 240 valence electrons. The molecule has 1 fully saturated rings. The zero-order valence-corrected chi connectivity index (χ0v) is 26.2. The molecular weight excluding hydrogens is 608 g/mol. The van der Waals surface area contributed by atoms with Crippen LogP contribution in [0.15, 0.2) is 114 Å². The molecule has 1 unspecified atom stereocenters. The SMILES string of the molecule is O=C(NC1CCCCC1)C(Cc1ccccc1)N(Cc1ccccc1F)C(=O)CN(c1ccccc1F)S(=O)(=O)c1ccccc1. The molecule has 2 amide bonds. The first-order valence-electron chi connectivity index (χ1n) is 15.4. The van der Waals surface area contributed by atoms with E-state index in [-0.39, 0.29) is 35.2 Å². The molecule has 10 heteroatoms. The van der Waals surface area contributed by atoms with Crippen molar-refractivity contribution in [2.75, 3.05) is 10.8 Å². The Labute approximate surface area is 268 Å². The van der Waals surface area contributed by atoms with E-state index in [4.69, 9.17) is 0 Å². The van der Waals surface area contributed by atoms with E-state index in [1.165, 1.54) is 65.6 Å². The molecule has 7 nitrogen and oxygen atoms in total. The fourth-order valence-corrected chi connectivity index (χ4v) is 7.24. The Bertz CT molecular complexity index is 1730. The fourth-order valence-electron chi connectivity index (χ4n) is 5.80. The Morgan fingerprint density at radius 3 is 2.00 bits per heavy atom. The highest BCUT2D eigenvalue weighted by Crippen LogP contribution is 2.27. The second-order valence-corrected chi connectivity index (χ2v) is 13.3. The van der Waals surface area contributed by atoms with Crippen LogP contribution in [0.4, 0.5) is 14.5 Å². The van der Waals surface area contributed by atoms with E-state index in [0.717, 1.165) is 43.7 Å². The van der Waals surface area contributed by atoms with E-state index in [2.05, 4.69) is 5.32 Å². The average molecular weight is 646 g/mol. The predicted molar refractivity (Wildman–Crippen MR) is 173 cm³/mol. The summed E-state index contributed by atoms with van der Waals surface area (Å²) in [6.07, 6.45) is 4.75. The lowest BCUT2D eigenvalue weighted by molar-refractivity contribution is -0.140. The van der Waals surface area contributed by atoms with Crippen molar-refractivity contribution >= 4 is 27.5 Å². The Hall–Kier alpha value is -4.57. The lowest BCUT2D eigenvalue weighted by Crippen LogP contribution is -2.55. The molecule has 0 saturated heterocycles. The van der Waals surface area contributed by atoms with Gasteiger partial charge in [-0.2, -0.15) is 0 Å². The van der Waals surface area contributed by atoms with Gasteiger partial charge in [-0.1, -0.05) is 98.1 Å². The number of hydrogen-bond acceptors (Lipinski definition) is 4. The molecule has 1 saturated carbocycles. The smallest absolute Gasteiger partial charge is 0.264 e. The molecule has 4 aromatic rings. The molecule has 1 aliphatic rings. The molecule has 0 heterocycles. The zero-order valence-electron chi connectivity index (χ0n) is 25.4. The first-order chi connectivity index (χ1) is 22.2. The second-order valence-electron chi connectivity index (χ2n) is 11.4. The van der Waals surface area contributed by atoms with E-state index in [1.54, 1.807) is 12.1 Å². The molecule has 5 rings (SSSR count). The van der Waals surface area contributed by atoms with Crippen LogP contribution in [0, 0.1) is 11.6 Å². The molecule has 0 aromatic heterocycles. The predicted octanol–water partition coefficient (Wildman–Crippen LogP) is 6.25. The topological polar surface area (TPSA) is 86.8 Å². The van der Waals surface area contributed by atoms with Gasteiger partial charge < -0.3 is 10.2 Å². The van der Waals surface area contributed by atoms with Crippen molar-refractivity contribution < 1.29 is 26.8 Å². The molecule has 4 aromatic carbocycles. The van der Waals surface area contributed by atoms with Gasteiger partial charge in [-0.15, -0.1) is 0 Å². The number of amides is 2. The first-order valence-corrected chi connectivity index (χ1v) is 16.9. The minimum absolute atomic E-state index is 0.0710. The summed E-state index contributed by atoms with van der Waals surface area (Å²) in [4.78, 5) is 29.6. The fraction of sp³-hybridized carbons (Fsp3) is 0.278. The third-order valence-electron chi connectivity index (χ3n) is 8.25. The summed E-state index contributed by atoms with van der Waals surface area (Å²) in [5, 5.41) is 3.11. The second kappa shape index (κ2) is 15.1. The van der Waals surface area contributed by atoms with Gasteiger partial charge in [0.15, 0.2) is 0 Å². The van der Waals surface area contributed by atoms with Crippen molar-refractivity contribution in [1.29, 1.82) is 0 Å². The van der Waals surface area contributed by atoms with E-state index < -0.39 is 46.1 Å². The number of nitrogens with zero attached hydrogens (tertiary/aromatic N) is 2. The van der Waals surface area contributed by atoms with Gasteiger partial charge in [0.1, 0.15) is 24.2 Å². The van der Waals surface area contributed by atoms with Gasteiger partial charge in [0.25, 0.3) is 10.0 Å². The van der Waals surface area contributed by atoms with Crippen LogP contribution in [0.3, 0.4) is 0 Å². The normalized spacial score (nSPS) is 14.3. The van der Waals surface area contributed by atoms with Crippen LogP contribution in [0.5, 0.6) is 0 Å². The van der Waals surface area contributed by atoms with Crippen LogP contribution in [-0.4, -0.2) is 43.8 Å². The summed E-state index contributed by atoms with van der Waals surface area (Å²) < 4.78 is 58.9. The minimum Gasteiger partial charge on any atom is -0.352 e. The maximum absolute atomic E-state index is 15.2. The Morgan fingerprint density at radius 2 is 1.35 bits per heavy atom. The van der Waals surface area contributed by atoms with Crippen LogP contribution < -0.4 is 9.62 Å². The summed E-state index contributed by atoms with van der Waals surface area (Å²) >= 11 is 0. The molecule has 1 aliphatic carbocycles. The lowest BCUT2D eigenvalue weighted by atomic mass is 9.94. The maximum atomic E-state index is 15.2. The number of hydrogen-bond donors (Lipinski definition) is 1. The number of carbonyl (C=O) groups excluding carboxylic acids is 2. The Morgan fingerprint density at radius 1 is 0.761 bits per heavy atom. The number of sulfonamides is 1. The van der Waals surface area contributed by atoms with E-state index >= 15 is 8.78 Å². The van der Waals surface area contributed by atoms with E-state index in [1.807, 2.05) is 30.3 Å². The van der Waals surface area contributed by atoms with Crippen molar-refractivity contribution in [2.24, 2.45) is 0 Å². The van der Waals surface area contributed by atoms with Crippen molar-refractivity contribution in [1.82, 2.24) is 10.2 Å². The van der Waals surface area contributed by atoms with Crippen LogP contribution in [0.25, 0.3) is 0 Å². The van der Waals surface area contributed by atoms with Crippen LogP contribution >= 0.6 is 0 Å². The summed E-state index contributed by atoms with van der Waals surface area (Å²) in [5.41, 5.74) is 0.597. The summed E-state index contributed by atoms with van der Waals surface area (Å²) in [5.74, 6) is -2.62. The molecule has 0 bridgehead atoms. The minimum atomic E-state index is -4.44. The number of rotatable bonds is 12. The van der Waals surface area contributed by atoms with E-state index in [9.17, 15) is 18.0 Å². The molecule has 0 spiro atoms. The van der Waals surface area contributed by atoms with E-state index in [0.29, 0.717) is 4.31 Å². The molecule has 0 radical (unpaired) electrons. The third-order valence-corrected chi connectivity index (χ3v) is 10.0. The van der Waals surface area contributed by atoms with Gasteiger partial charge in [-0.25, -0.2) is 17.2 Å². The summed E-state index contributed by atoms with van der Waals surface area (Å²) in [6.45, 7) is -1.13. The average Bonchev–Trinajstić information content (AvgIpc) is 3.07. The lowest BCUT2D eigenvalue weighted by Gasteiger charge is -2.35. The van der Waals surface area contributed by atoms with Crippen molar-refractivity contribution in [3.63, 3.8) is 0 Å². The van der Waals surface area contributed by atoms with Crippen molar-refractivity contribution in [3.05, 3.63) is 132 Å². The monoisotopic (exact) mass is 645 g/mol. The van der Waals surface area contributed by atoms with Gasteiger partial charge in [0, 0.05) is 24.6 Å². The summed E-state index contributed by atoms with van der Waals surface area (Å²) in [6, 6.07) is 26.6. The molecular formula is C36H37F2N3O4S. The maximum Gasteiger partial charge on any atom is 0.264 e. The first kappa shape index (κ1) is 32.8. The van der Waals surface area contributed by atoms with Gasteiger partial charge in [0.05, 0.1) is 10.6 Å². The number of benzene rings is 4. The molecule has 46 heavy (non-hydrogen) atoms. The number of anilines is 1. The molecule has 1 atom stereocenters. The highest BCUT2D eigenvalue weighted by Gasteiger charge is 2.36. The standard InChI is InChI=1S/C36H37F2N3O4S/c37-31-21-11-10-16-28(31)25-40(34(24-27-14-4-1-5-15-27)36(43)39-29-17-6-2-7-18-29)35(42)26-41(33-23-13-12-22-32(33)38)46(44,45)30-19-8-3-9-20-30/h1,3-5,8-16,19-23,29,34H,2,6-7,17-18,24-26H2,(H,39,43). The van der Waals surface area contributed by atoms with Crippen molar-refractivity contribution in [3.8, 4) is 0 Å². The van der Waals surface area contributed by atoms with Gasteiger partial charge in [-0.05, 0) is 48.7 Å². The highest BCUT2D eigenvalue weighted by atomic mass is 32.2. The largest absolute Gasteiger partial charge is 0.352 e. The van der Waals surface area contributed by atoms with Gasteiger partial charge in [-0.3, -0.25) is 13.9 Å².